The lowest BCUT2D eigenvalue weighted by molar-refractivity contribution is 0.274. The van der Waals surface area contributed by atoms with E-state index in [2.05, 4.69) is 24.1 Å². The van der Waals surface area contributed by atoms with Gasteiger partial charge in [0.2, 0.25) is 10.0 Å². The molecule has 0 aromatic carbocycles. The van der Waals surface area contributed by atoms with Crippen LogP contribution in [0, 0.1) is 0 Å². The fraction of sp³-hybridized carbons (Fsp3) is 1.00. The minimum absolute atomic E-state index is 0.00159. The summed E-state index contributed by atoms with van der Waals surface area (Å²) in [5, 5.41) is 7.87. The third-order valence-electron chi connectivity index (χ3n) is 2.09. The first-order valence-electron chi connectivity index (χ1n) is 4.74. The molecule has 6 heteroatoms. The van der Waals surface area contributed by atoms with Crippen LogP contribution in [0.3, 0.4) is 0 Å². The predicted octanol–water partition coefficient (Wildman–Crippen LogP) is -0.795. The topological polar surface area (TPSA) is 75.4 Å². The van der Waals surface area contributed by atoms with Crippen LogP contribution in [0.2, 0.25) is 0 Å². The van der Waals surface area contributed by atoms with Gasteiger partial charge >= 0.3 is 0 Å². The number of hydrogen-bond acceptors (Lipinski definition) is 4. The van der Waals surface area contributed by atoms with Gasteiger partial charge in [0, 0.05) is 25.7 Å². The fourth-order valence-electron chi connectivity index (χ4n) is 0.853. The van der Waals surface area contributed by atoms with Gasteiger partial charge in [-0.25, -0.2) is 13.6 Å². The van der Waals surface area contributed by atoms with Gasteiger partial charge in [-0.1, -0.05) is 0 Å². The number of nitrogens with zero attached hydrogens (tertiary/aromatic N) is 1. The van der Waals surface area contributed by atoms with Crippen molar-refractivity contribution >= 4 is 10.0 Å². The summed E-state index contributed by atoms with van der Waals surface area (Å²) in [5.41, 5.74) is 0. The van der Waals surface area contributed by atoms with Crippen molar-refractivity contribution in [3.63, 3.8) is 0 Å². The van der Waals surface area contributed by atoms with E-state index in [0.29, 0.717) is 12.6 Å². The highest BCUT2D eigenvalue weighted by molar-refractivity contribution is 7.89. The van der Waals surface area contributed by atoms with E-state index in [1.54, 1.807) is 0 Å². The van der Waals surface area contributed by atoms with Crippen LogP contribution in [-0.2, 0) is 10.0 Å². The van der Waals surface area contributed by atoms with Gasteiger partial charge in [-0.3, -0.25) is 0 Å². The van der Waals surface area contributed by atoms with Gasteiger partial charge in [-0.2, -0.15) is 0 Å². The quantitative estimate of drug-likeness (QED) is 0.554. The first kappa shape index (κ1) is 13.8. The highest BCUT2D eigenvalue weighted by Gasteiger charge is 2.03. The molecular formula is C8H21N3O2S. The number of sulfonamides is 1. The number of nitrogens with one attached hydrogen (secondary N) is 1. The molecule has 0 atom stereocenters. The van der Waals surface area contributed by atoms with Crippen molar-refractivity contribution in [2.45, 2.75) is 19.9 Å². The molecule has 86 valence electrons. The van der Waals surface area contributed by atoms with Crippen LogP contribution in [0.25, 0.3) is 0 Å². The Balaban J connectivity index is 3.39. The van der Waals surface area contributed by atoms with Gasteiger partial charge in [0.25, 0.3) is 0 Å². The molecule has 5 nitrogen and oxygen atoms in total. The maximum atomic E-state index is 10.6. The molecule has 0 aliphatic carbocycles. The monoisotopic (exact) mass is 223 g/mol. The summed E-state index contributed by atoms with van der Waals surface area (Å²) >= 11 is 0. The molecule has 0 radical (unpaired) electrons. The summed E-state index contributed by atoms with van der Waals surface area (Å²) < 4.78 is 21.1. The second-order valence-corrected chi connectivity index (χ2v) is 5.43. The van der Waals surface area contributed by atoms with E-state index in [4.69, 9.17) is 5.14 Å². The molecule has 14 heavy (non-hydrogen) atoms. The minimum Gasteiger partial charge on any atom is -0.314 e. The van der Waals surface area contributed by atoms with Crippen molar-refractivity contribution in [1.29, 1.82) is 0 Å². The Hall–Kier alpha value is -0.170. The fourth-order valence-corrected chi connectivity index (χ4v) is 1.28. The Morgan fingerprint density at radius 1 is 1.36 bits per heavy atom. The average molecular weight is 223 g/mol. The maximum Gasteiger partial charge on any atom is 0.210 e. The number of rotatable bonds is 7. The lowest BCUT2D eigenvalue weighted by Gasteiger charge is -2.20. The normalized spacial score (nSPS) is 12.7. The molecule has 0 aromatic heterocycles. The lowest BCUT2D eigenvalue weighted by atomic mass is 10.3. The molecule has 0 saturated heterocycles. The zero-order valence-corrected chi connectivity index (χ0v) is 9.97. The summed E-state index contributed by atoms with van der Waals surface area (Å²) in [5.74, 6) is -0.00159. The highest BCUT2D eigenvalue weighted by Crippen LogP contribution is 1.90. The van der Waals surface area contributed by atoms with Crippen molar-refractivity contribution < 1.29 is 8.42 Å². The molecule has 0 bridgehead atoms. The molecule has 0 spiro atoms. The summed E-state index contributed by atoms with van der Waals surface area (Å²) in [7, 11) is -1.28. The SMILES string of the molecule is CC(C)N(C)CCNCCS(N)(=O)=O. The molecule has 0 heterocycles. The van der Waals surface area contributed by atoms with E-state index >= 15 is 0 Å². The molecule has 3 N–H and O–H groups in total. The van der Waals surface area contributed by atoms with Gasteiger partial charge in [-0.15, -0.1) is 0 Å². The molecule has 0 aliphatic heterocycles. The predicted molar refractivity (Wildman–Crippen MR) is 58.6 cm³/mol. The molecule has 0 fully saturated rings. The van der Waals surface area contributed by atoms with Crippen molar-refractivity contribution in [1.82, 2.24) is 10.2 Å². The maximum absolute atomic E-state index is 10.6. The van der Waals surface area contributed by atoms with Crippen LogP contribution in [-0.4, -0.2) is 51.8 Å². The molecule has 0 rings (SSSR count). The number of likely N-dealkylation sites (N-methyl/N-ethyl adjacent to an activating group) is 1. The molecule has 0 aromatic rings. The largest absolute Gasteiger partial charge is 0.314 e. The standard InChI is InChI=1S/C8H21N3O2S/c1-8(2)11(3)6-4-10-5-7-14(9,12)13/h8,10H,4-7H2,1-3H3,(H2,9,12,13). The van der Waals surface area contributed by atoms with E-state index in [-0.39, 0.29) is 5.75 Å². The third kappa shape index (κ3) is 8.43. The van der Waals surface area contributed by atoms with E-state index in [9.17, 15) is 8.42 Å². The molecular weight excluding hydrogens is 202 g/mol. The second kappa shape index (κ2) is 6.34. The summed E-state index contributed by atoms with van der Waals surface area (Å²) in [4.78, 5) is 2.18. The Labute approximate surface area is 86.7 Å². The Morgan fingerprint density at radius 3 is 2.36 bits per heavy atom. The second-order valence-electron chi connectivity index (χ2n) is 3.69. The average Bonchev–Trinajstić information content (AvgIpc) is 2.01. The molecule has 0 amide bonds. The zero-order valence-electron chi connectivity index (χ0n) is 9.16. The molecule has 0 saturated carbocycles. The van der Waals surface area contributed by atoms with Crippen LogP contribution >= 0.6 is 0 Å². The van der Waals surface area contributed by atoms with E-state index in [1.165, 1.54) is 0 Å². The lowest BCUT2D eigenvalue weighted by Crippen LogP contribution is -2.35. The number of primary sulfonamides is 1. The van der Waals surface area contributed by atoms with Gasteiger partial charge in [0.05, 0.1) is 5.75 Å². The van der Waals surface area contributed by atoms with E-state index in [1.807, 2.05) is 7.05 Å². The van der Waals surface area contributed by atoms with Crippen LogP contribution in [0.4, 0.5) is 0 Å². The Morgan fingerprint density at radius 2 is 1.93 bits per heavy atom. The third-order valence-corrected chi connectivity index (χ3v) is 2.86. The smallest absolute Gasteiger partial charge is 0.210 e. The first-order chi connectivity index (χ1) is 6.33. The minimum atomic E-state index is -3.32. The van der Waals surface area contributed by atoms with Gasteiger partial charge in [0.15, 0.2) is 0 Å². The van der Waals surface area contributed by atoms with Crippen LogP contribution in [0.5, 0.6) is 0 Å². The Kier molecular flexibility index (Phi) is 6.26. The van der Waals surface area contributed by atoms with E-state index < -0.39 is 10.0 Å². The number of nitrogens with two attached hydrogens (primary N) is 1. The van der Waals surface area contributed by atoms with Crippen molar-refractivity contribution in [2.75, 3.05) is 32.4 Å². The van der Waals surface area contributed by atoms with Crippen molar-refractivity contribution in [3.8, 4) is 0 Å². The molecule has 0 aliphatic rings. The molecule has 0 unspecified atom stereocenters. The van der Waals surface area contributed by atoms with Gasteiger partial charge < -0.3 is 10.2 Å². The van der Waals surface area contributed by atoms with Crippen LogP contribution < -0.4 is 10.5 Å². The van der Waals surface area contributed by atoms with Crippen molar-refractivity contribution in [3.05, 3.63) is 0 Å². The van der Waals surface area contributed by atoms with Gasteiger partial charge in [-0.05, 0) is 20.9 Å². The van der Waals surface area contributed by atoms with Crippen molar-refractivity contribution in [2.24, 2.45) is 5.14 Å². The summed E-state index contributed by atoms with van der Waals surface area (Å²) in [6.45, 7) is 6.34. The van der Waals surface area contributed by atoms with E-state index in [0.717, 1.165) is 13.1 Å². The van der Waals surface area contributed by atoms with Crippen LogP contribution in [0.15, 0.2) is 0 Å². The highest BCUT2D eigenvalue weighted by atomic mass is 32.2. The van der Waals surface area contributed by atoms with Crippen LogP contribution in [0.1, 0.15) is 13.8 Å². The summed E-state index contributed by atoms with van der Waals surface area (Å²) in [6, 6.07) is 0.509. The zero-order chi connectivity index (χ0) is 11.2. The number of hydrogen-bond donors (Lipinski definition) is 2. The summed E-state index contributed by atoms with van der Waals surface area (Å²) in [6.07, 6.45) is 0. The van der Waals surface area contributed by atoms with Gasteiger partial charge in [0.1, 0.15) is 0 Å². The Bertz CT molecular complexity index is 239. The first-order valence-corrected chi connectivity index (χ1v) is 6.46.